The van der Waals surface area contributed by atoms with Gasteiger partial charge in [0.25, 0.3) is 60.7 Å². The van der Waals surface area contributed by atoms with Crippen LogP contribution in [0.3, 0.4) is 0 Å². The predicted molar refractivity (Wildman–Crippen MR) is 282 cm³/mol. The van der Waals surface area contributed by atoms with Crippen LogP contribution >= 0.6 is 23.2 Å². The molecule has 428 valence electrons. The van der Waals surface area contributed by atoms with Gasteiger partial charge in [-0.25, -0.2) is 20.0 Å². The quantitative estimate of drug-likeness (QED) is 0.0322. The van der Waals surface area contributed by atoms with Crippen LogP contribution in [0.2, 0.25) is 10.6 Å². The largest absolute Gasteiger partial charge is 0.396 e. The van der Waals surface area contributed by atoms with Crippen LogP contribution in [0.1, 0.15) is 15.9 Å². The number of rotatable bonds is 14. The summed E-state index contributed by atoms with van der Waals surface area (Å²) in [6, 6.07) is 15.1. The molecule has 7 aromatic rings. The van der Waals surface area contributed by atoms with E-state index in [0.717, 1.165) is 54.6 Å². The number of anilines is 2. The van der Waals surface area contributed by atoms with Gasteiger partial charge in [0.05, 0.1) is 49.5 Å². The summed E-state index contributed by atoms with van der Waals surface area (Å²) in [5, 5.41) is 10.3. The van der Waals surface area contributed by atoms with Crippen LogP contribution in [0.4, 0.5) is 45.5 Å². The van der Waals surface area contributed by atoms with E-state index in [4.69, 9.17) is 28.9 Å². The van der Waals surface area contributed by atoms with Crippen molar-refractivity contribution in [1.82, 2.24) is 29.9 Å². The van der Waals surface area contributed by atoms with Gasteiger partial charge in [-0.15, -0.1) is 10.2 Å². The van der Waals surface area contributed by atoms with E-state index in [1.807, 2.05) is 0 Å². The zero-order chi connectivity index (χ0) is 60.1. The van der Waals surface area contributed by atoms with Gasteiger partial charge in [-0.3, -0.25) is 47.5 Å². The molecule has 1 aliphatic rings. The molecule has 82 heavy (non-hydrogen) atoms. The minimum absolute atomic E-state index is 0.0424. The van der Waals surface area contributed by atoms with Gasteiger partial charge in [-0.1, -0.05) is 12.1 Å². The predicted octanol–water partition coefficient (Wildman–Crippen LogP) is 3.15. The Labute approximate surface area is 467 Å². The van der Waals surface area contributed by atoms with Crippen LogP contribution in [0, 0.1) is 0 Å². The van der Waals surface area contributed by atoms with Crippen LogP contribution < -0.4 is 33.6 Å². The Balaban J connectivity index is 1.17. The number of Topliss-reactive ketones (excluding diaryl/α,β-unsaturated/α-hetero) is 1. The number of nitrogens with zero attached hydrogens (tertiary/aromatic N) is 9. The maximum atomic E-state index is 14.3. The Bertz CT molecular complexity index is 5040. The number of aromatic nitrogens is 6. The van der Waals surface area contributed by atoms with E-state index in [9.17, 15) is 82.6 Å². The SMILES string of the molecule is Nc1c(N=Nc2ccc(N=c3[nH]c(Cl)nc(=Nc4cccc(S(=O)(=O)O)c4)[nH]3)cc2S(=O)(=O)O)c(S(=O)(=O)O)cc2c1C(=O)/C(=N\Nc1ccc(N=c3[nH]c(Cl)nc(=Nc4cccc(S(=O)(=O)O)c4)[nH]3)cc1S(=O)(=O)O)C(S(=O)(=O)O)=C2. The molecule has 13 N–H and O–H groups in total. The van der Waals surface area contributed by atoms with Crippen molar-refractivity contribution in [3.05, 3.63) is 140 Å². The molecule has 2 heterocycles. The maximum Gasteiger partial charge on any atom is 0.296 e. The number of ketones is 1. The van der Waals surface area contributed by atoms with Crippen molar-refractivity contribution in [2.75, 3.05) is 11.2 Å². The summed E-state index contributed by atoms with van der Waals surface area (Å²) in [6.45, 7) is 0. The highest BCUT2D eigenvalue weighted by molar-refractivity contribution is 7.91. The maximum absolute atomic E-state index is 14.3. The zero-order valence-corrected chi connectivity index (χ0v) is 45.9. The van der Waals surface area contributed by atoms with Crippen molar-refractivity contribution in [3.8, 4) is 0 Å². The van der Waals surface area contributed by atoms with Crippen molar-refractivity contribution < 1.29 is 82.6 Å². The molecule has 0 spiro atoms. The van der Waals surface area contributed by atoms with Crippen LogP contribution in [0.5, 0.6) is 0 Å². The molecule has 1 aliphatic carbocycles. The lowest BCUT2D eigenvalue weighted by Crippen LogP contribution is -2.28. The Morgan fingerprint density at radius 1 is 0.512 bits per heavy atom. The van der Waals surface area contributed by atoms with E-state index >= 15 is 0 Å². The first-order valence-electron chi connectivity index (χ1n) is 21.2. The number of carbonyl (C=O) groups excluding carboxylic acids is 1. The summed E-state index contributed by atoms with van der Waals surface area (Å²) < 4.78 is 208. The van der Waals surface area contributed by atoms with Gasteiger partial charge < -0.3 is 15.7 Å². The first kappa shape index (κ1) is 59.8. The Kier molecular flexibility index (Phi) is 16.2. The summed E-state index contributed by atoms with van der Waals surface area (Å²) in [5.74, 6) is -1.57. The number of nitrogens with one attached hydrogen (secondary N) is 5. The molecule has 0 bridgehead atoms. The Hall–Kier alpha value is -8.36. The lowest BCUT2D eigenvalue weighted by atomic mass is 9.92. The van der Waals surface area contributed by atoms with Gasteiger partial charge in [0, 0.05) is 0 Å². The lowest BCUT2D eigenvalue weighted by molar-refractivity contribution is 0.106. The average Bonchev–Trinajstić information content (AvgIpc) is 1.74. The first-order chi connectivity index (χ1) is 38.0. The van der Waals surface area contributed by atoms with Crippen molar-refractivity contribution in [3.63, 3.8) is 0 Å². The summed E-state index contributed by atoms with van der Waals surface area (Å²) in [5.41, 5.74) is 0.00103. The molecule has 0 amide bonds. The topological polar surface area (TPSA) is 557 Å². The molecule has 8 rings (SSSR count). The fourth-order valence-electron chi connectivity index (χ4n) is 6.98. The van der Waals surface area contributed by atoms with E-state index in [-0.39, 0.29) is 55.8 Å². The Morgan fingerprint density at radius 2 is 0.988 bits per heavy atom. The normalized spacial score (nSPS) is 15.1. The molecule has 34 nitrogen and oxygen atoms in total. The number of benzene rings is 5. The van der Waals surface area contributed by atoms with Crippen molar-refractivity contribution in [2.24, 2.45) is 35.3 Å². The molecular weight excluding hydrogens is 1260 g/mol. The molecule has 0 radical (unpaired) electrons. The number of carbonyl (C=O) groups is 1. The second kappa shape index (κ2) is 22.2. The third kappa shape index (κ3) is 14.0. The monoisotopic (exact) mass is 1280 g/mol. The number of halogens is 2. The zero-order valence-electron chi connectivity index (χ0n) is 39.5. The van der Waals surface area contributed by atoms with E-state index in [2.05, 4.69) is 70.6 Å². The van der Waals surface area contributed by atoms with Gasteiger partial charge in [0.1, 0.15) is 31.0 Å². The molecule has 2 aromatic heterocycles. The van der Waals surface area contributed by atoms with Gasteiger partial charge in [-0.2, -0.15) is 65.6 Å². The van der Waals surface area contributed by atoms with E-state index in [0.29, 0.717) is 18.2 Å². The summed E-state index contributed by atoms with van der Waals surface area (Å²) >= 11 is 12.2. The van der Waals surface area contributed by atoms with Crippen LogP contribution in [-0.2, 0) is 60.7 Å². The third-order valence-corrected chi connectivity index (χ3v) is 15.9. The third-order valence-electron chi connectivity index (χ3n) is 10.4. The molecule has 0 atom stereocenters. The van der Waals surface area contributed by atoms with Gasteiger partial charge in [0.15, 0.2) is 5.71 Å². The fourth-order valence-corrected chi connectivity index (χ4v) is 11.0. The molecule has 0 fully saturated rings. The number of azo groups is 1. The molecule has 0 aliphatic heterocycles. The number of fused-ring (bicyclic) bond motifs is 1. The molecule has 42 heteroatoms. The number of nitrogen functional groups attached to an aromatic ring is 1. The molecule has 0 saturated heterocycles. The fraction of sp³-hybridized carbons (Fsp3) is 0. The second-order valence-corrected chi connectivity index (χ2v) is 25.1. The van der Waals surface area contributed by atoms with Crippen LogP contribution in [-0.4, -0.2) is 119 Å². The number of hydrogen-bond donors (Lipinski definition) is 12. The number of nitrogens with two attached hydrogens (primary N) is 1. The van der Waals surface area contributed by atoms with Crippen molar-refractivity contribution in [1.29, 1.82) is 0 Å². The molecule has 0 unspecified atom stereocenters. The first-order valence-corrected chi connectivity index (χ1v) is 30.6. The number of hydrogen-bond acceptors (Lipinski definition) is 24. The van der Waals surface area contributed by atoms with E-state index in [1.165, 1.54) is 24.3 Å². The highest BCUT2D eigenvalue weighted by Gasteiger charge is 2.37. The van der Waals surface area contributed by atoms with Gasteiger partial charge in [0.2, 0.25) is 38.8 Å². The summed E-state index contributed by atoms with van der Waals surface area (Å²) in [6.07, 6.45) is 0.463. The van der Waals surface area contributed by atoms with Gasteiger partial charge in [-0.05, 0) is 114 Å². The highest BCUT2D eigenvalue weighted by Crippen LogP contribution is 2.42. The Morgan fingerprint density at radius 3 is 1.46 bits per heavy atom. The van der Waals surface area contributed by atoms with Crippen LogP contribution in [0.15, 0.2) is 156 Å². The number of H-pyrrole nitrogens is 4. The van der Waals surface area contributed by atoms with Gasteiger partial charge >= 0.3 is 0 Å². The van der Waals surface area contributed by atoms with Crippen LogP contribution in [0.25, 0.3) is 6.08 Å². The number of aromatic amines is 4. The highest BCUT2D eigenvalue weighted by atomic mass is 35.5. The molecule has 5 aromatic carbocycles. The average molecular weight is 1290 g/mol. The minimum Gasteiger partial charge on any atom is -0.396 e. The standard InChI is InChI=1S/C40H29Cl2N15O19S6/c41-35-48-37(44-18-3-1-5-22(13-18)77(59,60)61)52-39(50-35)46-20-7-9-24(26(15-20)79(65,66)67)54-56-32-28(81(71,72)73)11-17-12-29(82(74,75)76)33(34(58)30(17)31(32)43)57-55-25-10-8-21(16-27(25)80(68,69)70)47-40-51-36(42)49-38(53-40)45-19-4-2-6-23(14-19)78(62,63)64/h1-16,55H,43H2,(H,59,60,61)(H,62,63,64)(H,65,66,67)(H,68,69,70)(H,71,72,73)(H,74,75,76)(H2,44,46,48,50,52)(H2,45,47,49,51,53)/b56-54?,57-33-. The summed E-state index contributed by atoms with van der Waals surface area (Å²) in [7, 11) is -31.0. The lowest BCUT2D eigenvalue weighted by Gasteiger charge is -2.20. The smallest absolute Gasteiger partial charge is 0.296 e. The van der Waals surface area contributed by atoms with E-state index < -0.39 is 135 Å². The summed E-state index contributed by atoms with van der Waals surface area (Å²) in [4.78, 5) is 42.8. The second-order valence-electron chi connectivity index (χ2n) is 16.0. The number of allylic oxidation sites excluding steroid dienone is 1. The minimum atomic E-state index is -5.56. The van der Waals surface area contributed by atoms with Crippen molar-refractivity contribution >= 4 is 147 Å². The number of hydrazone groups is 1. The molecule has 0 saturated carbocycles. The van der Waals surface area contributed by atoms with E-state index in [1.54, 1.807) is 0 Å². The van der Waals surface area contributed by atoms with Crippen molar-refractivity contribution in [2.45, 2.75) is 24.5 Å². The molecular formula is C40H29Cl2N15O19S6.